The van der Waals surface area contributed by atoms with Crippen molar-refractivity contribution in [3.63, 3.8) is 0 Å². The molecule has 3 atom stereocenters. The molecule has 2 aliphatic carbocycles. The summed E-state index contributed by atoms with van der Waals surface area (Å²) in [5.74, 6) is 9.15. The van der Waals surface area contributed by atoms with Gasteiger partial charge in [-0.2, -0.15) is 0 Å². The SMILES string of the molecule is CC#CCC1CC(CCC)CCC1CNC1CC1. The fourth-order valence-corrected chi connectivity index (χ4v) is 3.45. The normalized spacial score (nSPS) is 31.8. The molecule has 0 heterocycles. The molecule has 18 heavy (non-hydrogen) atoms. The first-order chi connectivity index (χ1) is 8.83. The Morgan fingerprint density at radius 1 is 1.11 bits per heavy atom. The zero-order valence-corrected chi connectivity index (χ0v) is 12.2. The molecule has 1 heteroatoms. The van der Waals surface area contributed by atoms with Crippen molar-refractivity contribution < 1.29 is 0 Å². The Kier molecular flexibility index (Phi) is 5.57. The first-order valence-corrected chi connectivity index (χ1v) is 7.96. The fourth-order valence-electron chi connectivity index (χ4n) is 3.45. The predicted octanol–water partition coefficient (Wildman–Crippen LogP) is 3.98. The lowest BCUT2D eigenvalue weighted by Crippen LogP contribution is -2.34. The minimum atomic E-state index is 0.856. The summed E-state index contributed by atoms with van der Waals surface area (Å²) in [5.41, 5.74) is 0. The second-order valence-corrected chi connectivity index (χ2v) is 6.30. The third-order valence-electron chi connectivity index (χ3n) is 4.73. The topological polar surface area (TPSA) is 12.0 Å². The summed E-state index contributed by atoms with van der Waals surface area (Å²) in [6.07, 6.45) is 11.0. The van der Waals surface area contributed by atoms with Crippen LogP contribution in [0.5, 0.6) is 0 Å². The Balaban J connectivity index is 1.82. The third-order valence-corrected chi connectivity index (χ3v) is 4.73. The van der Waals surface area contributed by atoms with Crippen molar-refractivity contribution in [3.05, 3.63) is 0 Å². The molecule has 102 valence electrons. The van der Waals surface area contributed by atoms with E-state index in [1.54, 1.807) is 0 Å². The molecule has 0 aliphatic heterocycles. The van der Waals surface area contributed by atoms with Crippen LogP contribution in [-0.4, -0.2) is 12.6 Å². The predicted molar refractivity (Wildman–Crippen MR) is 78.3 cm³/mol. The van der Waals surface area contributed by atoms with Crippen LogP contribution in [0.3, 0.4) is 0 Å². The Morgan fingerprint density at radius 3 is 2.61 bits per heavy atom. The highest BCUT2D eigenvalue weighted by Gasteiger charge is 2.31. The molecular weight excluding hydrogens is 218 g/mol. The highest BCUT2D eigenvalue weighted by atomic mass is 14.9. The monoisotopic (exact) mass is 247 g/mol. The van der Waals surface area contributed by atoms with Crippen LogP contribution in [0, 0.1) is 29.6 Å². The van der Waals surface area contributed by atoms with Gasteiger partial charge in [0.2, 0.25) is 0 Å². The molecule has 0 spiro atoms. The minimum Gasteiger partial charge on any atom is -0.314 e. The van der Waals surface area contributed by atoms with E-state index in [-0.39, 0.29) is 0 Å². The fraction of sp³-hybridized carbons (Fsp3) is 0.882. The molecule has 0 saturated heterocycles. The number of nitrogens with one attached hydrogen (secondary N) is 1. The van der Waals surface area contributed by atoms with Crippen LogP contribution in [0.25, 0.3) is 0 Å². The molecule has 2 fully saturated rings. The largest absolute Gasteiger partial charge is 0.314 e. The summed E-state index contributed by atoms with van der Waals surface area (Å²) >= 11 is 0. The van der Waals surface area contributed by atoms with Gasteiger partial charge >= 0.3 is 0 Å². The van der Waals surface area contributed by atoms with E-state index in [4.69, 9.17) is 0 Å². The third kappa shape index (κ3) is 4.32. The lowest BCUT2D eigenvalue weighted by atomic mass is 9.71. The van der Waals surface area contributed by atoms with Crippen molar-refractivity contribution >= 4 is 0 Å². The van der Waals surface area contributed by atoms with Crippen LogP contribution >= 0.6 is 0 Å². The molecule has 1 N–H and O–H groups in total. The summed E-state index contributed by atoms with van der Waals surface area (Å²) in [6, 6.07) is 0.858. The molecule has 0 amide bonds. The smallest absolute Gasteiger partial charge is 0.0120 e. The molecule has 2 rings (SSSR count). The molecule has 1 nitrogen and oxygen atoms in total. The lowest BCUT2D eigenvalue weighted by Gasteiger charge is -2.35. The maximum Gasteiger partial charge on any atom is 0.0120 e. The maximum atomic E-state index is 3.73. The van der Waals surface area contributed by atoms with Gasteiger partial charge in [-0.25, -0.2) is 0 Å². The van der Waals surface area contributed by atoms with Gasteiger partial charge in [-0.3, -0.25) is 0 Å². The van der Waals surface area contributed by atoms with Crippen molar-refractivity contribution in [1.29, 1.82) is 0 Å². The van der Waals surface area contributed by atoms with E-state index < -0.39 is 0 Å². The van der Waals surface area contributed by atoms with Gasteiger partial charge in [0.1, 0.15) is 0 Å². The first kappa shape index (κ1) is 13.9. The van der Waals surface area contributed by atoms with Crippen LogP contribution in [0.1, 0.15) is 65.2 Å². The quantitative estimate of drug-likeness (QED) is 0.700. The van der Waals surface area contributed by atoms with Gasteiger partial charge in [-0.15, -0.1) is 11.8 Å². The minimum absolute atomic E-state index is 0.856. The number of hydrogen-bond donors (Lipinski definition) is 1. The number of hydrogen-bond acceptors (Lipinski definition) is 1. The van der Waals surface area contributed by atoms with Gasteiger partial charge in [0, 0.05) is 12.5 Å². The lowest BCUT2D eigenvalue weighted by molar-refractivity contribution is 0.171. The van der Waals surface area contributed by atoms with E-state index in [0.29, 0.717) is 0 Å². The van der Waals surface area contributed by atoms with Crippen LogP contribution < -0.4 is 5.32 Å². The summed E-state index contributed by atoms with van der Waals surface area (Å²) in [5, 5.41) is 3.73. The molecular formula is C17H29N. The van der Waals surface area contributed by atoms with Crippen LogP contribution in [0.4, 0.5) is 0 Å². The van der Waals surface area contributed by atoms with E-state index in [0.717, 1.165) is 30.2 Å². The maximum absolute atomic E-state index is 3.73. The molecule has 0 aromatic heterocycles. The van der Waals surface area contributed by atoms with E-state index in [1.165, 1.54) is 51.5 Å². The molecule has 0 aromatic rings. The Labute approximate surface area is 113 Å². The standard InChI is InChI=1S/C17H29N/c1-3-5-7-15-12-14(6-4-2)8-9-16(15)13-18-17-10-11-17/h14-18H,4,6-13H2,1-2H3. The number of rotatable bonds is 6. The second kappa shape index (κ2) is 7.19. The van der Waals surface area contributed by atoms with E-state index >= 15 is 0 Å². The molecule has 2 aliphatic rings. The van der Waals surface area contributed by atoms with Crippen molar-refractivity contribution in [3.8, 4) is 11.8 Å². The van der Waals surface area contributed by atoms with E-state index in [9.17, 15) is 0 Å². The van der Waals surface area contributed by atoms with Crippen molar-refractivity contribution in [1.82, 2.24) is 5.32 Å². The summed E-state index contributed by atoms with van der Waals surface area (Å²) in [7, 11) is 0. The zero-order valence-electron chi connectivity index (χ0n) is 12.2. The van der Waals surface area contributed by atoms with Crippen LogP contribution in [0.15, 0.2) is 0 Å². The molecule has 0 bridgehead atoms. The molecule has 0 aromatic carbocycles. The highest BCUT2D eigenvalue weighted by Crippen LogP contribution is 2.38. The summed E-state index contributed by atoms with van der Waals surface area (Å²) in [6.45, 7) is 5.55. The average molecular weight is 247 g/mol. The van der Waals surface area contributed by atoms with Gasteiger partial charge in [-0.05, 0) is 56.9 Å². The van der Waals surface area contributed by atoms with Gasteiger partial charge in [0.05, 0.1) is 0 Å². The Hall–Kier alpha value is -0.480. The Bertz CT molecular complexity index is 294. The Morgan fingerprint density at radius 2 is 1.94 bits per heavy atom. The molecule has 3 unspecified atom stereocenters. The van der Waals surface area contributed by atoms with Crippen LogP contribution in [0.2, 0.25) is 0 Å². The second-order valence-electron chi connectivity index (χ2n) is 6.30. The van der Waals surface area contributed by atoms with E-state index in [1.807, 2.05) is 6.92 Å². The van der Waals surface area contributed by atoms with Crippen molar-refractivity contribution in [2.24, 2.45) is 17.8 Å². The van der Waals surface area contributed by atoms with Gasteiger partial charge in [0.15, 0.2) is 0 Å². The summed E-state index contributed by atoms with van der Waals surface area (Å²) in [4.78, 5) is 0. The van der Waals surface area contributed by atoms with Gasteiger partial charge in [-0.1, -0.05) is 26.2 Å². The van der Waals surface area contributed by atoms with Crippen molar-refractivity contribution in [2.45, 2.75) is 71.3 Å². The van der Waals surface area contributed by atoms with Gasteiger partial charge in [0.25, 0.3) is 0 Å². The van der Waals surface area contributed by atoms with Crippen LogP contribution in [-0.2, 0) is 0 Å². The first-order valence-electron chi connectivity index (χ1n) is 7.96. The summed E-state index contributed by atoms with van der Waals surface area (Å²) < 4.78 is 0. The van der Waals surface area contributed by atoms with Crippen molar-refractivity contribution in [2.75, 3.05) is 6.54 Å². The molecule has 0 radical (unpaired) electrons. The van der Waals surface area contributed by atoms with E-state index in [2.05, 4.69) is 24.1 Å². The average Bonchev–Trinajstić information content (AvgIpc) is 3.19. The molecule has 2 saturated carbocycles. The highest BCUT2D eigenvalue weighted by molar-refractivity contribution is 4.99. The van der Waals surface area contributed by atoms with Gasteiger partial charge < -0.3 is 5.32 Å². The zero-order chi connectivity index (χ0) is 12.8.